The Labute approximate surface area is 179 Å². The fourth-order valence-corrected chi connectivity index (χ4v) is 4.53. The third-order valence-corrected chi connectivity index (χ3v) is 6.36. The number of carbonyl (C=O) groups excluding carboxylic acids is 1. The summed E-state index contributed by atoms with van der Waals surface area (Å²) in [7, 11) is 0. The number of thioether (sulfide) groups is 1. The highest BCUT2D eigenvalue weighted by atomic mass is 32.2. The molecule has 0 aliphatic heterocycles. The fraction of sp³-hybridized carbons (Fsp3) is 0.261. The number of hydrogen-bond donors (Lipinski definition) is 2. The third-order valence-electron chi connectivity index (χ3n) is 5.42. The molecule has 0 saturated heterocycles. The summed E-state index contributed by atoms with van der Waals surface area (Å²) in [6.45, 7) is 2.00. The smallest absolute Gasteiger partial charge is 0.230 e. The van der Waals surface area contributed by atoms with E-state index in [4.69, 9.17) is 0 Å². The number of rotatable bonds is 7. The zero-order valence-corrected chi connectivity index (χ0v) is 17.5. The summed E-state index contributed by atoms with van der Waals surface area (Å²) in [6.07, 6.45) is 4.24. The lowest BCUT2D eigenvalue weighted by molar-refractivity contribution is -0.119. The molecule has 0 radical (unpaired) electrons. The topological polar surface area (TPSA) is 75.6 Å². The SMILES string of the molecule is CC(NC(=O)CSc1nnc(-c2c[nH]c3ccccc23)n1C1CC1)c1ccccc1. The number of hydrogen-bond acceptors (Lipinski definition) is 4. The van der Waals surface area contributed by atoms with Crippen LogP contribution in [0, 0.1) is 0 Å². The number of aromatic nitrogens is 4. The van der Waals surface area contributed by atoms with Gasteiger partial charge in [-0.25, -0.2) is 0 Å². The molecule has 152 valence electrons. The summed E-state index contributed by atoms with van der Waals surface area (Å²) >= 11 is 1.45. The highest BCUT2D eigenvalue weighted by molar-refractivity contribution is 7.99. The monoisotopic (exact) mass is 417 g/mol. The molecule has 2 heterocycles. The molecule has 2 N–H and O–H groups in total. The molecule has 6 nitrogen and oxygen atoms in total. The number of H-pyrrole nitrogens is 1. The zero-order chi connectivity index (χ0) is 20.5. The Morgan fingerprint density at radius 1 is 1.17 bits per heavy atom. The first-order valence-electron chi connectivity index (χ1n) is 10.2. The van der Waals surface area contributed by atoms with Gasteiger partial charge in [0.05, 0.1) is 11.8 Å². The van der Waals surface area contributed by atoms with Crippen molar-refractivity contribution in [3.8, 4) is 11.4 Å². The summed E-state index contributed by atoms with van der Waals surface area (Å²) in [5.74, 6) is 1.18. The van der Waals surface area contributed by atoms with Crippen LogP contribution in [0.5, 0.6) is 0 Å². The molecule has 2 aromatic heterocycles. The van der Waals surface area contributed by atoms with Gasteiger partial charge < -0.3 is 10.3 Å². The van der Waals surface area contributed by atoms with E-state index in [0.717, 1.165) is 45.9 Å². The second-order valence-corrected chi connectivity index (χ2v) is 8.59. The Balaban J connectivity index is 1.33. The Morgan fingerprint density at radius 2 is 1.93 bits per heavy atom. The molecule has 7 heteroatoms. The van der Waals surface area contributed by atoms with E-state index in [1.165, 1.54) is 11.8 Å². The molecule has 0 spiro atoms. The Morgan fingerprint density at radius 3 is 2.73 bits per heavy atom. The minimum Gasteiger partial charge on any atom is -0.360 e. The molecule has 5 rings (SSSR count). The lowest BCUT2D eigenvalue weighted by Crippen LogP contribution is -2.28. The largest absolute Gasteiger partial charge is 0.360 e. The number of amides is 1. The summed E-state index contributed by atoms with van der Waals surface area (Å²) in [4.78, 5) is 15.8. The summed E-state index contributed by atoms with van der Waals surface area (Å²) in [6, 6.07) is 18.6. The van der Waals surface area contributed by atoms with E-state index >= 15 is 0 Å². The van der Waals surface area contributed by atoms with Crippen molar-refractivity contribution < 1.29 is 4.79 Å². The van der Waals surface area contributed by atoms with Gasteiger partial charge in [-0.05, 0) is 31.4 Å². The predicted octanol–water partition coefficient (Wildman–Crippen LogP) is 4.73. The lowest BCUT2D eigenvalue weighted by atomic mass is 10.1. The van der Waals surface area contributed by atoms with E-state index in [1.54, 1.807) is 0 Å². The minimum atomic E-state index is -0.0256. The van der Waals surface area contributed by atoms with Crippen LogP contribution >= 0.6 is 11.8 Å². The molecule has 30 heavy (non-hydrogen) atoms. The maximum Gasteiger partial charge on any atom is 0.230 e. The number of aromatic amines is 1. The number of fused-ring (bicyclic) bond motifs is 1. The van der Waals surface area contributed by atoms with Gasteiger partial charge in [0.25, 0.3) is 0 Å². The second kappa shape index (κ2) is 7.99. The molecule has 1 amide bonds. The molecular weight excluding hydrogens is 394 g/mol. The van der Waals surface area contributed by atoms with Crippen LogP contribution in [-0.4, -0.2) is 31.4 Å². The van der Waals surface area contributed by atoms with E-state index in [-0.39, 0.29) is 11.9 Å². The number of nitrogens with zero attached hydrogens (tertiary/aromatic N) is 3. The summed E-state index contributed by atoms with van der Waals surface area (Å²) in [5, 5.41) is 13.9. The van der Waals surface area contributed by atoms with Crippen LogP contribution in [0.15, 0.2) is 66.0 Å². The van der Waals surface area contributed by atoms with Crippen LogP contribution in [0.25, 0.3) is 22.3 Å². The van der Waals surface area contributed by atoms with Gasteiger partial charge in [-0.1, -0.05) is 60.3 Å². The van der Waals surface area contributed by atoms with Crippen molar-refractivity contribution in [3.05, 3.63) is 66.4 Å². The van der Waals surface area contributed by atoms with Gasteiger partial charge in [-0.2, -0.15) is 0 Å². The average Bonchev–Trinajstić information content (AvgIpc) is 3.38. The van der Waals surface area contributed by atoms with Gasteiger partial charge in [0.1, 0.15) is 0 Å². The van der Waals surface area contributed by atoms with Crippen molar-refractivity contribution >= 4 is 28.6 Å². The highest BCUT2D eigenvalue weighted by Gasteiger charge is 2.31. The molecule has 1 unspecified atom stereocenters. The summed E-state index contributed by atoms with van der Waals surface area (Å²) < 4.78 is 2.20. The van der Waals surface area contributed by atoms with Crippen LogP contribution < -0.4 is 5.32 Å². The van der Waals surface area contributed by atoms with E-state index in [0.29, 0.717) is 11.8 Å². The molecule has 1 atom stereocenters. The van der Waals surface area contributed by atoms with Crippen molar-refractivity contribution in [2.45, 2.75) is 37.0 Å². The quantitative estimate of drug-likeness (QED) is 0.426. The molecular formula is C23H23N5OS. The molecule has 2 aromatic carbocycles. The van der Waals surface area contributed by atoms with Gasteiger partial charge in [-0.3, -0.25) is 9.36 Å². The highest BCUT2D eigenvalue weighted by Crippen LogP contribution is 2.42. The molecule has 4 aromatic rings. The van der Waals surface area contributed by atoms with Gasteiger partial charge in [0, 0.05) is 28.7 Å². The van der Waals surface area contributed by atoms with E-state index in [2.05, 4.69) is 37.2 Å². The Bertz CT molecular complexity index is 1180. The maximum atomic E-state index is 12.5. The van der Waals surface area contributed by atoms with Crippen molar-refractivity contribution in [3.63, 3.8) is 0 Å². The zero-order valence-electron chi connectivity index (χ0n) is 16.7. The van der Waals surface area contributed by atoms with Gasteiger partial charge >= 0.3 is 0 Å². The van der Waals surface area contributed by atoms with Crippen LogP contribution in [0.3, 0.4) is 0 Å². The summed E-state index contributed by atoms with van der Waals surface area (Å²) in [5.41, 5.74) is 3.24. The standard InChI is InChI=1S/C23H23N5OS/c1-15(16-7-3-2-4-8-16)25-21(29)14-30-23-27-26-22(28(23)17-11-12-17)19-13-24-20-10-6-5-9-18(19)20/h2-10,13,15,17,24H,11-12,14H2,1H3,(H,25,29). The molecule has 1 aliphatic rings. The normalized spacial score (nSPS) is 14.7. The number of carbonyl (C=O) groups is 1. The number of nitrogens with one attached hydrogen (secondary N) is 2. The first kappa shape index (κ1) is 18.9. The second-order valence-electron chi connectivity index (χ2n) is 7.64. The Hall–Kier alpha value is -3.06. The number of para-hydroxylation sites is 1. The predicted molar refractivity (Wildman–Crippen MR) is 119 cm³/mol. The van der Waals surface area contributed by atoms with Crippen LogP contribution in [0.1, 0.15) is 37.4 Å². The Kier molecular flexibility index (Phi) is 5.04. The van der Waals surface area contributed by atoms with Crippen molar-refractivity contribution in [2.24, 2.45) is 0 Å². The van der Waals surface area contributed by atoms with Crippen LogP contribution in [0.2, 0.25) is 0 Å². The van der Waals surface area contributed by atoms with Crippen LogP contribution in [0.4, 0.5) is 0 Å². The number of benzene rings is 2. The van der Waals surface area contributed by atoms with Gasteiger partial charge in [0.15, 0.2) is 11.0 Å². The molecule has 1 saturated carbocycles. The van der Waals surface area contributed by atoms with E-state index in [9.17, 15) is 4.79 Å². The van der Waals surface area contributed by atoms with E-state index in [1.807, 2.05) is 55.6 Å². The maximum absolute atomic E-state index is 12.5. The van der Waals surface area contributed by atoms with Crippen molar-refractivity contribution in [1.82, 2.24) is 25.1 Å². The molecule has 1 fully saturated rings. The average molecular weight is 418 g/mol. The van der Waals surface area contributed by atoms with Crippen LogP contribution in [-0.2, 0) is 4.79 Å². The first-order valence-corrected chi connectivity index (χ1v) is 11.2. The van der Waals surface area contributed by atoms with Gasteiger partial charge in [0.2, 0.25) is 5.91 Å². The molecule has 0 bridgehead atoms. The van der Waals surface area contributed by atoms with Crippen molar-refractivity contribution in [1.29, 1.82) is 0 Å². The lowest BCUT2D eigenvalue weighted by Gasteiger charge is -2.14. The fourth-order valence-electron chi connectivity index (χ4n) is 3.72. The van der Waals surface area contributed by atoms with Crippen molar-refractivity contribution in [2.75, 3.05) is 5.75 Å². The molecule has 1 aliphatic carbocycles. The van der Waals surface area contributed by atoms with E-state index < -0.39 is 0 Å². The third kappa shape index (κ3) is 3.73. The minimum absolute atomic E-state index is 0.00431. The first-order chi connectivity index (χ1) is 14.7. The van der Waals surface area contributed by atoms with Gasteiger partial charge in [-0.15, -0.1) is 10.2 Å².